The van der Waals surface area contributed by atoms with Crippen molar-refractivity contribution in [3.05, 3.63) is 12.1 Å². The third-order valence-electron chi connectivity index (χ3n) is 5.02. The number of phenols is 1. The van der Waals surface area contributed by atoms with Crippen LogP contribution in [0.1, 0.15) is 78.6 Å². The number of rotatable bonds is 13. The van der Waals surface area contributed by atoms with Crippen LogP contribution in [-0.4, -0.2) is 25.2 Å². The molecule has 1 rings (SSSR count). The first kappa shape index (κ1) is 23.1. The maximum Gasteiger partial charge on any atom is 0.230 e. The van der Waals surface area contributed by atoms with E-state index in [0.29, 0.717) is 11.5 Å². The first-order valence-corrected chi connectivity index (χ1v) is 10.1. The Morgan fingerprint density at radius 3 is 2.15 bits per heavy atom. The fraction of sp³-hybridized carbons (Fsp3) is 0.682. The molecule has 0 aliphatic carbocycles. The third-order valence-corrected chi connectivity index (χ3v) is 5.02. The number of anilines is 1. The lowest BCUT2D eigenvalue weighted by atomic mass is 9.85. The van der Waals surface area contributed by atoms with Crippen LogP contribution in [0.2, 0.25) is 0 Å². The van der Waals surface area contributed by atoms with Gasteiger partial charge in [-0.15, -0.1) is 0 Å². The predicted molar refractivity (Wildman–Crippen MR) is 111 cm³/mol. The topological polar surface area (TPSA) is 67.8 Å². The Bertz CT molecular complexity index is 584. The molecule has 27 heavy (non-hydrogen) atoms. The molecule has 1 aromatic carbocycles. The van der Waals surface area contributed by atoms with E-state index in [1.54, 1.807) is 6.07 Å². The van der Waals surface area contributed by atoms with Crippen LogP contribution in [-0.2, 0) is 4.79 Å². The van der Waals surface area contributed by atoms with Gasteiger partial charge in [0.25, 0.3) is 0 Å². The van der Waals surface area contributed by atoms with Crippen LogP contribution in [0.5, 0.6) is 17.2 Å². The van der Waals surface area contributed by atoms with Crippen LogP contribution in [0.4, 0.5) is 5.69 Å². The van der Waals surface area contributed by atoms with Crippen LogP contribution in [0.3, 0.4) is 0 Å². The van der Waals surface area contributed by atoms with Crippen molar-refractivity contribution >= 4 is 11.6 Å². The smallest absolute Gasteiger partial charge is 0.230 e. The van der Waals surface area contributed by atoms with Crippen molar-refractivity contribution in [3.8, 4) is 17.2 Å². The van der Waals surface area contributed by atoms with E-state index in [9.17, 15) is 9.90 Å². The van der Waals surface area contributed by atoms with E-state index in [0.717, 1.165) is 19.3 Å². The lowest BCUT2D eigenvalue weighted by molar-refractivity contribution is -0.124. The summed E-state index contributed by atoms with van der Waals surface area (Å²) in [7, 11) is 3.01. The molecule has 2 N–H and O–H groups in total. The molecule has 5 heteroatoms. The number of amides is 1. The van der Waals surface area contributed by atoms with E-state index < -0.39 is 5.41 Å². The van der Waals surface area contributed by atoms with Crippen molar-refractivity contribution in [1.82, 2.24) is 0 Å². The molecular formula is C22H37NO4. The second kappa shape index (κ2) is 11.7. The first-order valence-electron chi connectivity index (χ1n) is 10.1. The molecule has 0 fully saturated rings. The summed E-state index contributed by atoms with van der Waals surface area (Å²) in [6.07, 6.45) is 10.8. The van der Waals surface area contributed by atoms with Gasteiger partial charge < -0.3 is 19.9 Å². The van der Waals surface area contributed by atoms with E-state index in [-0.39, 0.29) is 17.3 Å². The standard InChI is InChI=1S/C22H37NO4/c1-6-7-8-9-10-11-12-13-14-22(2,3)21(25)23-20-18(24)15-17(26-4)16-19(20)27-5/h15-16,24H,6-14H2,1-5H3,(H,23,25). The quantitative estimate of drug-likeness (QED) is 0.330. The number of ether oxygens (including phenoxy) is 2. The second-order valence-electron chi connectivity index (χ2n) is 7.79. The van der Waals surface area contributed by atoms with Gasteiger partial charge in [-0.3, -0.25) is 4.79 Å². The summed E-state index contributed by atoms with van der Waals surface area (Å²) in [6, 6.07) is 3.10. The average molecular weight is 380 g/mol. The molecule has 0 aliphatic heterocycles. The second-order valence-corrected chi connectivity index (χ2v) is 7.79. The van der Waals surface area contributed by atoms with Gasteiger partial charge in [-0.25, -0.2) is 0 Å². The van der Waals surface area contributed by atoms with Crippen LogP contribution < -0.4 is 14.8 Å². The number of nitrogens with one attached hydrogen (secondary N) is 1. The van der Waals surface area contributed by atoms with Gasteiger partial charge in [-0.2, -0.15) is 0 Å². The van der Waals surface area contributed by atoms with Crippen molar-refractivity contribution in [2.75, 3.05) is 19.5 Å². The third kappa shape index (κ3) is 7.69. The molecule has 0 spiro atoms. The fourth-order valence-electron chi connectivity index (χ4n) is 3.08. The SMILES string of the molecule is CCCCCCCCCCC(C)(C)C(=O)Nc1c(O)cc(OC)cc1OC. The molecule has 0 aliphatic rings. The van der Waals surface area contributed by atoms with Gasteiger partial charge in [0, 0.05) is 17.5 Å². The van der Waals surface area contributed by atoms with Gasteiger partial charge >= 0.3 is 0 Å². The minimum absolute atomic E-state index is 0.0672. The molecule has 0 atom stereocenters. The van der Waals surface area contributed by atoms with Crippen LogP contribution in [0.15, 0.2) is 12.1 Å². The molecule has 0 aromatic heterocycles. The molecule has 1 amide bonds. The zero-order valence-corrected chi connectivity index (χ0v) is 17.7. The number of aromatic hydroxyl groups is 1. The van der Waals surface area contributed by atoms with Crippen molar-refractivity contribution in [2.45, 2.75) is 78.6 Å². The number of hydrogen-bond acceptors (Lipinski definition) is 4. The summed E-state index contributed by atoms with van der Waals surface area (Å²) in [5.74, 6) is 0.662. The highest BCUT2D eigenvalue weighted by Crippen LogP contribution is 2.39. The molecular weight excluding hydrogens is 342 g/mol. The Labute approximate surface area is 164 Å². The number of phenolic OH excluding ortho intramolecular Hbond substituents is 1. The van der Waals surface area contributed by atoms with Crippen LogP contribution >= 0.6 is 0 Å². The van der Waals surface area contributed by atoms with Crippen molar-refractivity contribution in [1.29, 1.82) is 0 Å². The Morgan fingerprint density at radius 2 is 1.59 bits per heavy atom. The van der Waals surface area contributed by atoms with E-state index in [2.05, 4.69) is 12.2 Å². The molecule has 0 bridgehead atoms. The summed E-state index contributed by atoms with van der Waals surface area (Å²) in [6.45, 7) is 6.11. The summed E-state index contributed by atoms with van der Waals surface area (Å²) >= 11 is 0. The van der Waals surface area contributed by atoms with Gasteiger partial charge in [0.15, 0.2) is 0 Å². The predicted octanol–water partition coefficient (Wildman–Crippen LogP) is 5.90. The minimum atomic E-state index is -0.514. The monoisotopic (exact) mass is 379 g/mol. The number of carbonyl (C=O) groups is 1. The summed E-state index contributed by atoms with van der Waals surface area (Å²) in [5, 5.41) is 13.0. The van der Waals surface area contributed by atoms with Gasteiger partial charge in [-0.1, -0.05) is 72.1 Å². The highest BCUT2D eigenvalue weighted by atomic mass is 16.5. The van der Waals surface area contributed by atoms with E-state index >= 15 is 0 Å². The van der Waals surface area contributed by atoms with E-state index in [4.69, 9.17) is 9.47 Å². The zero-order valence-electron chi connectivity index (χ0n) is 17.7. The fourth-order valence-corrected chi connectivity index (χ4v) is 3.08. The van der Waals surface area contributed by atoms with Crippen LogP contribution in [0, 0.1) is 5.41 Å². The molecule has 154 valence electrons. The minimum Gasteiger partial charge on any atom is -0.505 e. The van der Waals surface area contributed by atoms with Crippen molar-refractivity contribution in [2.24, 2.45) is 5.41 Å². The number of carbonyl (C=O) groups excluding carboxylic acids is 1. The summed E-state index contributed by atoms with van der Waals surface area (Å²) in [4.78, 5) is 12.7. The highest BCUT2D eigenvalue weighted by molar-refractivity contribution is 5.97. The van der Waals surface area contributed by atoms with Crippen molar-refractivity contribution in [3.63, 3.8) is 0 Å². The van der Waals surface area contributed by atoms with E-state index in [1.807, 2.05) is 13.8 Å². The van der Waals surface area contributed by atoms with Gasteiger partial charge in [0.1, 0.15) is 22.9 Å². The maximum atomic E-state index is 12.7. The summed E-state index contributed by atoms with van der Waals surface area (Å²) in [5.41, 5.74) is -0.230. The average Bonchev–Trinajstić information content (AvgIpc) is 2.64. The lowest BCUT2D eigenvalue weighted by Gasteiger charge is -2.24. The Balaban J connectivity index is 2.53. The molecule has 0 saturated carbocycles. The van der Waals surface area contributed by atoms with Crippen LogP contribution in [0.25, 0.3) is 0 Å². The first-order chi connectivity index (χ1) is 12.9. The number of unbranched alkanes of at least 4 members (excludes halogenated alkanes) is 7. The van der Waals surface area contributed by atoms with Crippen molar-refractivity contribution < 1.29 is 19.4 Å². The van der Waals surface area contributed by atoms with Gasteiger partial charge in [0.2, 0.25) is 5.91 Å². The molecule has 0 unspecified atom stereocenters. The Morgan fingerprint density at radius 1 is 1.00 bits per heavy atom. The van der Waals surface area contributed by atoms with Gasteiger partial charge in [-0.05, 0) is 6.42 Å². The molecule has 0 radical (unpaired) electrons. The molecule has 0 saturated heterocycles. The molecule has 5 nitrogen and oxygen atoms in total. The summed E-state index contributed by atoms with van der Waals surface area (Å²) < 4.78 is 10.4. The number of methoxy groups -OCH3 is 2. The van der Waals surface area contributed by atoms with Gasteiger partial charge in [0.05, 0.1) is 14.2 Å². The lowest BCUT2D eigenvalue weighted by Crippen LogP contribution is -2.31. The Kier molecular flexibility index (Phi) is 10.0. The number of benzene rings is 1. The number of hydrogen-bond donors (Lipinski definition) is 2. The zero-order chi connectivity index (χ0) is 20.3. The normalized spacial score (nSPS) is 11.3. The van der Waals surface area contributed by atoms with E-state index in [1.165, 1.54) is 58.8 Å². The molecule has 1 aromatic rings. The maximum absolute atomic E-state index is 12.7. The largest absolute Gasteiger partial charge is 0.505 e. The highest BCUT2D eigenvalue weighted by Gasteiger charge is 2.28. The molecule has 0 heterocycles. The Hall–Kier alpha value is -1.91.